The van der Waals surface area contributed by atoms with Gasteiger partial charge in [-0.3, -0.25) is 4.79 Å². The van der Waals surface area contributed by atoms with Crippen LogP contribution < -0.4 is 5.32 Å². The van der Waals surface area contributed by atoms with Crippen LogP contribution in [0.15, 0.2) is 0 Å². The molecule has 0 aliphatic carbocycles. The van der Waals surface area contributed by atoms with Crippen molar-refractivity contribution >= 4 is 12.2 Å². The monoisotopic (exact) mass is 188 g/mol. The van der Waals surface area contributed by atoms with Crippen molar-refractivity contribution in [1.82, 2.24) is 10.2 Å². The number of carbonyl (C=O) groups excluding carboxylic acids is 2. The Kier molecular flexibility index (Phi) is 6.09. The molecule has 13 heavy (non-hydrogen) atoms. The molecule has 0 bridgehead atoms. The van der Waals surface area contributed by atoms with Crippen molar-refractivity contribution in [2.45, 2.75) is 12.5 Å². The summed E-state index contributed by atoms with van der Waals surface area (Å²) in [5.74, 6) is -0.304. The molecule has 0 heterocycles. The number of carbonyl (C=O) groups is 2. The van der Waals surface area contributed by atoms with E-state index in [1.165, 1.54) is 0 Å². The van der Waals surface area contributed by atoms with Crippen LogP contribution in [0.4, 0.5) is 0 Å². The summed E-state index contributed by atoms with van der Waals surface area (Å²) in [5.41, 5.74) is 0. The van der Waals surface area contributed by atoms with Gasteiger partial charge in [-0.2, -0.15) is 0 Å². The first-order chi connectivity index (χ1) is 6.06. The lowest BCUT2D eigenvalue weighted by atomic mass is 10.2. The number of rotatable bonds is 6. The molecule has 0 spiro atoms. The third-order valence-electron chi connectivity index (χ3n) is 1.43. The molecular weight excluding hydrogens is 172 g/mol. The summed E-state index contributed by atoms with van der Waals surface area (Å²) in [6.07, 6.45) is -0.984. The zero-order valence-electron chi connectivity index (χ0n) is 7.99. The second-order valence-corrected chi connectivity index (χ2v) is 3.06. The number of aldehydes is 1. The van der Waals surface area contributed by atoms with Gasteiger partial charge in [0.2, 0.25) is 5.91 Å². The van der Waals surface area contributed by atoms with E-state index in [4.69, 9.17) is 5.11 Å². The van der Waals surface area contributed by atoms with E-state index >= 15 is 0 Å². The summed E-state index contributed by atoms with van der Waals surface area (Å²) >= 11 is 0. The predicted molar refractivity (Wildman–Crippen MR) is 48.3 cm³/mol. The number of aliphatic hydroxyl groups excluding tert-OH is 1. The summed E-state index contributed by atoms with van der Waals surface area (Å²) in [7, 11) is 3.79. The van der Waals surface area contributed by atoms with Crippen LogP contribution in [0.5, 0.6) is 0 Å². The average molecular weight is 188 g/mol. The predicted octanol–water partition coefficient (Wildman–Crippen LogP) is -1.39. The Morgan fingerprint density at radius 3 is 2.69 bits per heavy atom. The van der Waals surface area contributed by atoms with Crippen LogP contribution in [0.2, 0.25) is 0 Å². The highest BCUT2D eigenvalue weighted by atomic mass is 16.3. The summed E-state index contributed by atoms with van der Waals surface area (Å²) in [6.45, 7) is 1.26. The average Bonchev–Trinajstić information content (AvgIpc) is 2.03. The fraction of sp³-hybridized carbons (Fsp3) is 0.750. The highest BCUT2D eigenvalue weighted by Gasteiger charge is 2.08. The maximum atomic E-state index is 10.9. The molecule has 0 saturated carbocycles. The van der Waals surface area contributed by atoms with Gasteiger partial charge in [0.15, 0.2) is 0 Å². The summed E-state index contributed by atoms with van der Waals surface area (Å²) in [5, 5.41) is 11.4. The molecule has 0 rings (SSSR count). The van der Waals surface area contributed by atoms with Crippen molar-refractivity contribution in [2.24, 2.45) is 0 Å². The molecule has 76 valence electrons. The first-order valence-electron chi connectivity index (χ1n) is 4.11. The third-order valence-corrected chi connectivity index (χ3v) is 1.43. The van der Waals surface area contributed by atoms with Gasteiger partial charge in [0.05, 0.1) is 6.42 Å². The standard InChI is InChI=1S/C8H16N2O3/c1-10(2)4-3-9-8(13)5-7(12)6-11/h6-7,12H,3-5H2,1-2H3,(H,9,13). The van der Waals surface area contributed by atoms with Crippen LogP contribution in [-0.4, -0.2) is 55.5 Å². The van der Waals surface area contributed by atoms with Crippen LogP contribution in [0.25, 0.3) is 0 Å². The molecule has 0 fully saturated rings. The van der Waals surface area contributed by atoms with Crippen molar-refractivity contribution in [1.29, 1.82) is 0 Å². The fourth-order valence-corrected chi connectivity index (χ4v) is 0.729. The van der Waals surface area contributed by atoms with Gasteiger partial charge >= 0.3 is 0 Å². The van der Waals surface area contributed by atoms with E-state index in [1.54, 1.807) is 0 Å². The first-order valence-corrected chi connectivity index (χ1v) is 4.11. The minimum Gasteiger partial charge on any atom is -0.385 e. The Labute approximate surface area is 77.7 Å². The molecule has 0 aliphatic heterocycles. The maximum Gasteiger partial charge on any atom is 0.223 e. The lowest BCUT2D eigenvalue weighted by Gasteiger charge is -2.10. The molecule has 1 amide bonds. The fourth-order valence-electron chi connectivity index (χ4n) is 0.729. The molecule has 2 N–H and O–H groups in total. The van der Waals surface area contributed by atoms with Gasteiger partial charge in [-0.25, -0.2) is 0 Å². The van der Waals surface area contributed by atoms with Gasteiger partial charge < -0.3 is 20.1 Å². The number of nitrogens with one attached hydrogen (secondary N) is 1. The summed E-state index contributed by atoms with van der Waals surface area (Å²) in [6, 6.07) is 0. The van der Waals surface area contributed by atoms with E-state index < -0.39 is 6.10 Å². The maximum absolute atomic E-state index is 10.9. The van der Waals surface area contributed by atoms with Crippen molar-refractivity contribution < 1.29 is 14.7 Å². The van der Waals surface area contributed by atoms with Crippen molar-refractivity contribution in [3.63, 3.8) is 0 Å². The van der Waals surface area contributed by atoms with E-state index in [0.29, 0.717) is 12.8 Å². The number of hydrogen-bond donors (Lipinski definition) is 2. The lowest BCUT2D eigenvalue weighted by molar-refractivity contribution is -0.126. The van der Waals surface area contributed by atoms with E-state index in [2.05, 4.69) is 5.32 Å². The molecule has 0 aromatic heterocycles. The normalized spacial score (nSPS) is 12.6. The Balaban J connectivity index is 3.46. The van der Waals surface area contributed by atoms with Crippen molar-refractivity contribution in [3.05, 3.63) is 0 Å². The number of nitrogens with zero attached hydrogens (tertiary/aromatic N) is 1. The van der Waals surface area contributed by atoms with Gasteiger partial charge in [-0.15, -0.1) is 0 Å². The number of likely N-dealkylation sites (N-methyl/N-ethyl adjacent to an activating group) is 1. The number of hydrogen-bond acceptors (Lipinski definition) is 4. The molecular formula is C8H16N2O3. The SMILES string of the molecule is CN(C)CCNC(=O)CC(O)C=O. The van der Waals surface area contributed by atoms with Gasteiger partial charge in [-0.1, -0.05) is 0 Å². The molecule has 0 aliphatic rings. The summed E-state index contributed by atoms with van der Waals surface area (Å²) < 4.78 is 0. The zero-order valence-corrected chi connectivity index (χ0v) is 7.99. The van der Waals surface area contributed by atoms with Crippen LogP contribution >= 0.6 is 0 Å². The number of amides is 1. The topological polar surface area (TPSA) is 69.6 Å². The van der Waals surface area contributed by atoms with Crippen molar-refractivity contribution in [2.75, 3.05) is 27.2 Å². The molecule has 0 radical (unpaired) electrons. The highest BCUT2D eigenvalue weighted by Crippen LogP contribution is 1.86. The molecule has 1 atom stereocenters. The quantitative estimate of drug-likeness (QED) is 0.504. The molecule has 5 nitrogen and oxygen atoms in total. The van der Waals surface area contributed by atoms with Crippen LogP contribution in [0.3, 0.4) is 0 Å². The molecule has 0 aromatic rings. The molecule has 0 saturated heterocycles. The van der Waals surface area contributed by atoms with Crippen LogP contribution in [0, 0.1) is 0 Å². The largest absolute Gasteiger partial charge is 0.385 e. The molecule has 5 heteroatoms. The minimum atomic E-state index is -1.18. The van der Waals surface area contributed by atoms with Crippen molar-refractivity contribution in [3.8, 4) is 0 Å². The van der Waals surface area contributed by atoms with E-state index in [1.807, 2.05) is 19.0 Å². The van der Waals surface area contributed by atoms with Crippen LogP contribution in [-0.2, 0) is 9.59 Å². The third kappa shape index (κ3) is 7.42. The van der Waals surface area contributed by atoms with Gasteiger partial charge in [0.1, 0.15) is 12.4 Å². The minimum absolute atomic E-state index is 0.156. The Bertz CT molecular complexity index is 171. The van der Waals surface area contributed by atoms with E-state index in [-0.39, 0.29) is 12.3 Å². The summed E-state index contributed by atoms with van der Waals surface area (Å²) in [4.78, 5) is 22.9. The van der Waals surface area contributed by atoms with Gasteiger partial charge in [0.25, 0.3) is 0 Å². The van der Waals surface area contributed by atoms with Gasteiger partial charge in [0, 0.05) is 13.1 Å². The smallest absolute Gasteiger partial charge is 0.223 e. The molecule has 0 aromatic carbocycles. The Morgan fingerprint density at radius 1 is 1.62 bits per heavy atom. The van der Waals surface area contributed by atoms with E-state index in [9.17, 15) is 9.59 Å². The highest BCUT2D eigenvalue weighted by molar-refractivity contribution is 5.79. The van der Waals surface area contributed by atoms with E-state index in [0.717, 1.165) is 6.54 Å². The Hall–Kier alpha value is -0.940. The second-order valence-electron chi connectivity index (χ2n) is 3.06. The second kappa shape index (κ2) is 6.56. The zero-order chi connectivity index (χ0) is 10.3. The number of aliphatic hydroxyl groups is 1. The Morgan fingerprint density at radius 2 is 2.23 bits per heavy atom. The lowest BCUT2D eigenvalue weighted by Crippen LogP contribution is -2.33. The van der Waals surface area contributed by atoms with Gasteiger partial charge in [-0.05, 0) is 14.1 Å². The first kappa shape index (κ1) is 12.1. The van der Waals surface area contributed by atoms with Crippen LogP contribution in [0.1, 0.15) is 6.42 Å². The molecule has 1 unspecified atom stereocenters.